The van der Waals surface area contributed by atoms with Crippen molar-refractivity contribution < 1.29 is 14.6 Å². The van der Waals surface area contributed by atoms with E-state index in [0.29, 0.717) is 12.3 Å². The van der Waals surface area contributed by atoms with Gasteiger partial charge >= 0.3 is 5.97 Å². The molecule has 1 N–H and O–H groups in total. The van der Waals surface area contributed by atoms with Crippen LogP contribution in [0.5, 0.6) is 5.88 Å². The molecule has 0 saturated carbocycles. The first kappa shape index (κ1) is 15.1. The van der Waals surface area contributed by atoms with Gasteiger partial charge in [0.25, 0.3) is 0 Å². The summed E-state index contributed by atoms with van der Waals surface area (Å²) in [5.74, 6) is -0.195. The first-order chi connectivity index (χ1) is 10.1. The third kappa shape index (κ3) is 3.24. The van der Waals surface area contributed by atoms with Gasteiger partial charge in [0.1, 0.15) is 0 Å². The van der Waals surface area contributed by atoms with Crippen molar-refractivity contribution >= 4 is 5.97 Å². The van der Waals surface area contributed by atoms with Gasteiger partial charge in [-0.25, -0.2) is 4.68 Å². The van der Waals surface area contributed by atoms with Crippen LogP contribution in [0.25, 0.3) is 5.69 Å². The number of hydrogen-bond donors (Lipinski definition) is 1. The van der Waals surface area contributed by atoms with Crippen LogP contribution in [0.2, 0.25) is 0 Å². The maximum Gasteiger partial charge on any atom is 0.303 e. The molecule has 5 heteroatoms. The van der Waals surface area contributed by atoms with Crippen LogP contribution in [0.4, 0.5) is 0 Å². The molecule has 112 valence electrons. The van der Waals surface area contributed by atoms with Crippen LogP contribution in [0.3, 0.4) is 0 Å². The second-order valence-electron chi connectivity index (χ2n) is 4.93. The molecule has 0 atom stereocenters. The molecule has 0 amide bonds. The lowest BCUT2D eigenvalue weighted by Crippen LogP contribution is -2.02. The summed E-state index contributed by atoms with van der Waals surface area (Å²) in [6, 6.07) is 7.98. The molecule has 0 aliphatic carbocycles. The van der Waals surface area contributed by atoms with Crippen LogP contribution >= 0.6 is 0 Å². The second kappa shape index (κ2) is 6.43. The van der Waals surface area contributed by atoms with Crippen molar-refractivity contribution in [1.82, 2.24) is 9.78 Å². The lowest BCUT2D eigenvalue weighted by atomic mass is 10.1. The van der Waals surface area contributed by atoms with E-state index >= 15 is 0 Å². The Balaban J connectivity index is 2.46. The summed E-state index contributed by atoms with van der Waals surface area (Å²) in [7, 11) is 1.59. The van der Waals surface area contributed by atoms with Crippen molar-refractivity contribution in [3.63, 3.8) is 0 Å². The summed E-state index contributed by atoms with van der Waals surface area (Å²) in [6.45, 7) is 4.03. The molecule has 1 aromatic carbocycles. The molecular formula is C16H20N2O3. The Kier molecular flexibility index (Phi) is 4.62. The molecule has 1 heterocycles. The number of carboxylic acid groups (broad SMARTS) is 1. The molecule has 2 rings (SSSR count). The van der Waals surface area contributed by atoms with Gasteiger partial charge in [-0.3, -0.25) is 4.79 Å². The van der Waals surface area contributed by atoms with E-state index in [2.05, 4.69) is 5.10 Å². The molecule has 0 aliphatic heterocycles. The van der Waals surface area contributed by atoms with E-state index < -0.39 is 5.97 Å². The highest BCUT2D eigenvalue weighted by atomic mass is 16.5. The number of carbonyl (C=O) groups is 1. The molecule has 5 nitrogen and oxygen atoms in total. The zero-order valence-electron chi connectivity index (χ0n) is 12.6. The molecule has 0 saturated heterocycles. The average molecular weight is 288 g/mol. The van der Waals surface area contributed by atoms with Gasteiger partial charge in [-0.05, 0) is 31.9 Å². The number of carboxylic acids is 1. The molecule has 0 fully saturated rings. The monoisotopic (exact) mass is 288 g/mol. The number of aliphatic carboxylic acids is 1. The van der Waals surface area contributed by atoms with E-state index in [4.69, 9.17) is 9.84 Å². The minimum atomic E-state index is -0.817. The largest absolute Gasteiger partial charge is 0.481 e. The number of hydrogen-bond acceptors (Lipinski definition) is 3. The zero-order valence-corrected chi connectivity index (χ0v) is 12.6. The van der Waals surface area contributed by atoms with E-state index in [-0.39, 0.29) is 6.42 Å². The van der Waals surface area contributed by atoms with Gasteiger partial charge in [0.2, 0.25) is 5.88 Å². The van der Waals surface area contributed by atoms with E-state index in [1.807, 2.05) is 38.1 Å². The number of aromatic nitrogens is 2. The van der Waals surface area contributed by atoms with Crippen molar-refractivity contribution in [2.24, 2.45) is 0 Å². The van der Waals surface area contributed by atoms with Gasteiger partial charge in [0.05, 0.1) is 18.5 Å². The second-order valence-corrected chi connectivity index (χ2v) is 4.93. The Labute approximate surface area is 124 Å². The maximum absolute atomic E-state index is 10.8. The topological polar surface area (TPSA) is 64.4 Å². The highest BCUT2D eigenvalue weighted by Crippen LogP contribution is 2.27. The van der Waals surface area contributed by atoms with Crippen LogP contribution < -0.4 is 4.74 Å². The van der Waals surface area contributed by atoms with Gasteiger partial charge in [-0.15, -0.1) is 0 Å². The van der Waals surface area contributed by atoms with Crippen molar-refractivity contribution in [2.75, 3.05) is 7.11 Å². The summed E-state index contributed by atoms with van der Waals surface area (Å²) in [6.07, 6.45) is 1.24. The summed E-state index contributed by atoms with van der Waals surface area (Å²) in [5.41, 5.74) is 3.84. The number of aryl methyl sites for hydroxylation is 2. The smallest absolute Gasteiger partial charge is 0.303 e. The zero-order chi connectivity index (χ0) is 15.4. The predicted octanol–water partition coefficient (Wildman–Crippen LogP) is 2.77. The first-order valence-corrected chi connectivity index (χ1v) is 7.00. The Hall–Kier alpha value is -2.30. The van der Waals surface area contributed by atoms with E-state index in [0.717, 1.165) is 23.4 Å². The maximum atomic E-state index is 10.8. The van der Waals surface area contributed by atoms with Gasteiger partial charge < -0.3 is 9.84 Å². The van der Waals surface area contributed by atoms with Gasteiger partial charge in [-0.1, -0.05) is 24.6 Å². The molecular weight excluding hydrogens is 268 g/mol. The predicted molar refractivity (Wildman–Crippen MR) is 80.2 cm³/mol. The van der Waals surface area contributed by atoms with Crippen molar-refractivity contribution in [2.45, 2.75) is 33.1 Å². The van der Waals surface area contributed by atoms with Crippen molar-refractivity contribution in [1.29, 1.82) is 0 Å². The summed E-state index contributed by atoms with van der Waals surface area (Å²) >= 11 is 0. The van der Waals surface area contributed by atoms with E-state index in [9.17, 15) is 4.79 Å². The van der Waals surface area contributed by atoms with Crippen LogP contribution in [0, 0.1) is 6.92 Å². The van der Waals surface area contributed by atoms with E-state index in [1.54, 1.807) is 11.8 Å². The molecule has 0 bridgehead atoms. The Morgan fingerprint density at radius 1 is 1.33 bits per heavy atom. The summed E-state index contributed by atoms with van der Waals surface area (Å²) in [4.78, 5) is 10.8. The van der Waals surface area contributed by atoms with Crippen LogP contribution in [-0.4, -0.2) is 28.0 Å². The Morgan fingerprint density at radius 3 is 2.52 bits per heavy atom. The van der Waals surface area contributed by atoms with Crippen LogP contribution in [-0.2, 0) is 17.6 Å². The minimum Gasteiger partial charge on any atom is -0.481 e. The number of methoxy groups -OCH3 is 1. The molecule has 21 heavy (non-hydrogen) atoms. The fourth-order valence-corrected chi connectivity index (χ4v) is 2.32. The molecule has 1 aromatic heterocycles. The highest BCUT2D eigenvalue weighted by Gasteiger charge is 2.19. The lowest BCUT2D eigenvalue weighted by Gasteiger charge is -2.08. The number of rotatable bonds is 6. The van der Waals surface area contributed by atoms with Gasteiger partial charge in [0.15, 0.2) is 0 Å². The molecule has 0 aliphatic rings. The number of benzene rings is 1. The standard InChI is InChI=1S/C16H20N2O3/c1-4-14-13(9-10-15(19)20)16(21-3)18(17-14)12-7-5-11(2)6-8-12/h5-8H,4,9-10H2,1-3H3,(H,19,20). The molecule has 0 unspecified atom stereocenters. The molecule has 0 radical (unpaired) electrons. The lowest BCUT2D eigenvalue weighted by molar-refractivity contribution is -0.136. The van der Waals surface area contributed by atoms with Crippen LogP contribution in [0.1, 0.15) is 30.2 Å². The third-order valence-electron chi connectivity index (χ3n) is 3.42. The number of nitrogens with zero attached hydrogens (tertiary/aromatic N) is 2. The van der Waals surface area contributed by atoms with Crippen molar-refractivity contribution in [3.05, 3.63) is 41.1 Å². The summed E-state index contributed by atoms with van der Waals surface area (Å²) in [5, 5.41) is 13.5. The minimum absolute atomic E-state index is 0.0724. The SMILES string of the molecule is CCc1nn(-c2ccc(C)cc2)c(OC)c1CCC(=O)O. The fourth-order valence-electron chi connectivity index (χ4n) is 2.32. The van der Waals surface area contributed by atoms with Gasteiger partial charge in [0, 0.05) is 12.0 Å². The Bertz CT molecular complexity index is 630. The molecule has 0 spiro atoms. The highest BCUT2D eigenvalue weighted by molar-refractivity contribution is 5.67. The molecule has 2 aromatic rings. The normalized spacial score (nSPS) is 10.6. The van der Waals surface area contributed by atoms with Crippen molar-refractivity contribution in [3.8, 4) is 11.6 Å². The van der Waals surface area contributed by atoms with Crippen LogP contribution in [0.15, 0.2) is 24.3 Å². The summed E-state index contributed by atoms with van der Waals surface area (Å²) < 4.78 is 7.23. The third-order valence-corrected chi connectivity index (χ3v) is 3.42. The quantitative estimate of drug-likeness (QED) is 0.887. The Morgan fingerprint density at radius 2 is 2.00 bits per heavy atom. The average Bonchev–Trinajstić information content (AvgIpc) is 2.83. The number of ether oxygens (including phenoxy) is 1. The van der Waals surface area contributed by atoms with Gasteiger partial charge in [-0.2, -0.15) is 5.10 Å². The van der Waals surface area contributed by atoms with E-state index in [1.165, 1.54) is 5.56 Å². The first-order valence-electron chi connectivity index (χ1n) is 7.00. The fraction of sp³-hybridized carbons (Fsp3) is 0.375.